The third-order valence-corrected chi connectivity index (χ3v) is 5.22. The van der Waals surface area contributed by atoms with Crippen LogP contribution < -0.4 is 4.72 Å². The van der Waals surface area contributed by atoms with Crippen molar-refractivity contribution in [1.82, 2.24) is 4.72 Å². The highest BCUT2D eigenvalue weighted by Gasteiger charge is 2.17. The van der Waals surface area contributed by atoms with E-state index >= 15 is 0 Å². The van der Waals surface area contributed by atoms with Crippen molar-refractivity contribution in [3.8, 4) is 0 Å². The summed E-state index contributed by atoms with van der Waals surface area (Å²) in [6, 6.07) is 4.98. The number of aliphatic hydroxyl groups excluding tert-OH is 1. The van der Waals surface area contributed by atoms with E-state index in [-0.39, 0.29) is 4.90 Å². The first-order chi connectivity index (χ1) is 8.33. The summed E-state index contributed by atoms with van der Waals surface area (Å²) in [5.74, 6) is 0. The van der Waals surface area contributed by atoms with Crippen LogP contribution in [0.15, 0.2) is 32.0 Å². The number of hydrogen-bond acceptors (Lipinski definition) is 3. The van der Waals surface area contributed by atoms with E-state index in [4.69, 9.17) is 5.11 Å². The van der Waals surface area contributed by atoms with Crippen molar-refractivity contribution in [3.63, 3.8) is 0 Å². The fourth-order valence-electron chi connectivity index (χ4n) is 1.36. The zero-order valence-corrected chi connectivity index (χ0v) is 13.8. The Morgan fingerprint density at radius 1 is 1.39 bits per heavy atom. The highest BCUT2D eigenvalue weighted by molar-refractivity contribution is 9.11. The molecule has 0 aliphatic rings. The van der Waals surface area contributed by atoms with Gasteiger partial charge in [-0.25, -0.2) is 13.1 Å². The van der Waals surface area contributed by atoms with E-state index in [1.54, 1.807) is 25.1 Å². The smallest absolute Gasteiger partial charge is 0.241 e. The first-order valence-corrected chi connectivity index (χ1v) is 8.52. The lowest BCUT2D eigenvalue weighted by Crippen LogP contribution is -2.25. The number of sulfonamides is 1. The summed E-state index contributed by atoms with van der Waals surface area (Å²) in [4.78, 5) is 0.203. The number of benzene rings is 1. The topological polar surface area (TPSA) is 66.4 Å². The van der Waals surface area contributed by atoms with Gasteiger partial charge in [-0.2, -0.15) is 0 Å². The van der Waals surface area contributed by atoms with Gasteiger partial charge in [-0.05, 0) is 53.9 Å². The van der Waals surface area contributed by atoms with Gasteiger partial charge in [-0.1, -0.05) is 15.9 Å². The van der Waals surface area contributed by atoms with Gasteiger partial charge in [-0.3, -0.25) is 0 Å². The minimum Gasteiger partial charge on any atom is -0.393 e. The average Bonchev–Trinajstić information content (AvgIpc) is 2.27. The fourth-order valence-corrected chi connectivity index (χ4v) is 3.94. The van der Waals surface area contributed by atoms with Crippen molar-refractivity contribution in [2.45, 2.75) is 30.8 Å². The molecular weight excluding hydrogens is 386 g/mol. The Morgan fingerprint density at radius 3 is 2.67 bits per heavy atom. The molecule has 0 aliphatic heterocycles. The maximum atomic E-state index is 12.0. The van der Waals surface area contributed by atoms with Gasteiger partial charge in [-0.15, -0.1) is 0 Å². The van der Waals surface area contributed by atoms with E-state index < -0.39 is 16.1 Å². The third-order valence-electron chi connectivity index (χ3n) is 2.27. The molecule has 7 heteroatoms. The second kappa shape index (κ2) is 7.00. The SMILES string of the molecule is CC(O)CCCNS(=O)(=O)c1cc(Br)ccc1Br. The van der Waals surface area contributed by atoms with Crippen molar-refractivity contribution < 1.29 is 13.5 Å². The Morgan fingerprint density at radius 2 is 2.06 bits per heavy atom. The average molecular weight is 401 g/mol. The van der Waals surface area contributed by atoms with E-state index in [2.05, 4.69) is 36.6 Å². The second-order valence-electron chi connectivity index (χ2n) is 3.96. The minimum atomic E-state index is -3.52. The van der Waals surface area contributed by atoms with Gasteiger partial charge >= 0.3 is 0 Å². The molecule has 2 N–H and O–H groups in total. The molecule has 1 atom stereocenters. The number of hydrogen-bond donors (Lipinski definition) is 2. The standard InChI is InChI=1S/C11H15Br2NO3S/c1-8(15)3-2-6-14-18(16,17)11-7-9(12)4-5-10(11)13/h4-5,7-8,14-15H,2-3,6H2,1H3. The molecule has 0 radical (unpaired) electrons. The van der Waals surface area contributed by atoms with Gasteiger partial charge in [0, 0.05) is 15.5 Å². The largest absolute Gasteiger partial charge is 0.393 e. The van der Waals surface area contributed by atoms with Crippen LogP contribution in [0.2, 0.25) is 0 Å². The third kappa shape index (κ3) is 4.97. The molecule has 1 aromatic carbocycles. The lowest BCUT2D eigenvalue weighted by atomic mass is 10.2. The lowest BCUT2D eigenvalue weighted by Gasteiger charge is -2.09. The molecule has 1 rings (SSSR count). The molecule has 0 bridgehead atoms. The lowest BCUT2D eigenvalue weighted by molar-refractivity contribution is 0.182. The molecule has 102 valence electrons. The van der Waals surface area contributed by atoms with E-state index in [9.17, 15) is 8.42 Å². The highest BCUT2D eigenvalue weighted by atomic mass is 79.9. The fraction of sp³-hybridized carbons (Fsp3) is 0.455. The zero-order valence-electron chi connectivity index (χ0n) is 9.86. The molecule has 0 saturated carbocycles. The van der Waals surface area contributed by atoms with Crippen molar-refractivity contribution in [3.05, 3.63) is 27.1 Å². The molecule has 0 spiro atoms. The first-order valence-electron chi connectivity index (χ1n) is 5.45. The molecular formula is C11H15Br2NO3S. The first kappa shape index (κ1) is 16.1. The molecule has 1 unspecified atom stereocenters. The molecule has 0 heterocycles. The summed E-state index contributed by atoms with van der Waals surface area (Å²) in [5, 5.41) is 9.09. The maximum Gasteiger partial charge on any atom is 0.241 e. The predicted molar refractivity (Wildman–Crippen MR) is 77.9 cm³/mol. The molecule has 0 fully saturated rings. The molecule has 4 nitrogen and oxygen atoms in total. The van der Waals surface area contributed by atoms with Crippen LogP contribution in [0.3, 0.4) is 0 Å². The molecule has 0 saturated heterocycles. The summed E-state index contributed by atoms with van der Waals surface area (Å²) in [6.45, 7) is 1.99. The number of rotatable bonds is 6. The molecule has 0 amide bonds. The van der Waals surface area contributed by atoms with Crippen molar-refractivity contribution in [2.75, 3.05) is 6.54 Å². The van der Waals surface area contributed by atoms with Crippen LogP contribution in [0, 0.1) is 0 Å². The van der Waals surface area contributed by atoms with Gasteiger partial charge < -0.3 is 5.11 Å². The molecule has 0 aliphatic carbocycles. The Balaban J connectivity index is 2.71. The van der Waals surface area contributed by atoms with Gasteiger partial charge in [0.15, 0.2) is 0 Å². The van der Waals surface area contributed by atoms with Gasteiger partial charge in [0.2, 0.25) is 10.0 Å². The van der Waals surface area contributed by atoms with Crippen LogP contribution in [0.5, 0.6) is 0 Å². The van der Waals surface area contributed by atoms with Crippen molar-refractivity contribution in [1.29, 1.82) is 0 Å². The molecule has 1 aromatic rings. The Hall–Kier alpha value is 0.0500. The summed E-state index contributed by atoms with van der Waals surface area (Å²) >= 11 is 6.46. The number of halogens is 2. The Labute approximate surface area is 124 Å². The van der Waals surface area contributed by atoms with Gasteiger partial charge in [0.1, 0.15) is 0 Å². The normalized spacial score (nSPS) is 13.6. The summed E-state index contributed by atoms with van der Waals surface area (Å²) < 4.78 is 27.8. The summed E-state index contributed by atoms with van der Waals surface area (Å²) in [6.07, 6.45) is 0.761. The van der Waals surface area contributed by atoms with Gasteiger partial charge in [0.05, 0.1) is 11.0 Å². The molecule has 18 heavy (non-hydrogen) atoms. The monoisotopic (exact) mass is 399 g/mol. The Kier molecular flexibility index (Phi) is 6.26. The predicted octanol–water partition coefficient (Wildman–Crippen LogP) is 2.65. The quantitative estimate of drug-likeness (QED) is 0.721. The van der Waals surface area contributed by atoms with E-state index in [0.29, 0.717) is 28.3 Å². The van der Waals surface area contributed by atoms with Crippen LogP contribution >= 0.6 is 31.9 Å². The van der Waals surface area contributed by atoms with Crippen LogP contribution in [0.4, 0.5) is 0 Å². The highest BCUT2D eigenvalue weighted by Crippen LogP contribution is 2.25. The number of aliphatic hydroxyl groups is 1. The van der Waals surface area contributed by atoms with Gasteiger partial charge in [0.25, 0.3) is 0 Å². The maximum absolute atomic E-state index is 12.0. The van der Waals surface area contributed by atoms with E-state index in [1.807, 2.05) is 0 Å². The second-order valence-corrected chi connectivity index (χ2v) is 7.47. The van der Waals surface area contributed by atoms with Crippen LogP contribution in [-0.2, 0) is 10.0 Å². The zero-order chi connectivity index (χ0) is 13.8. The van der Waals surface area contributed by atoms with Crippen LogP contribution in [0.1, 0.15) is 19.8 Å². The molecule has 0 aromatic heterocycles. The van der Waals surface area contributed by atoms with Crippen LogP contribution in [-0.4, -0.2) is 26.2 Å². The Bertz CT molecular complexity index is 503. The van der Waals surface area contributed by atoms with E-state index in [1.165, 1.54) is 0 Å². The van der Waals surface area contributed by atoms with Crippen molar-refractivity contribution in [2.24, 2.45) is 0 Å². The van der Waals surface area contributed by atoms with Crippen LogP contribution in [0.25, 0.3) is 0 Å². The van der Waals surface area contributed by atoms with E-state index in [0.717, 1.165) is 0 Å². The minimum absolute atomic E-state index is 0.203. The van der Waals surface area contributed by atoms with Crippen molar-refractivity contribution >= 4 is 41.9 Å². The number of nitrogens with one attached hydrogen (secondary N) is 1. The summed E-state index contributed by atoms with van der Waals surface area (Å²) in [7, 11) is -3.52. The summed E-state index contributed by atoms with van der Waals surface area (Å²) in [5.41, 5.74) is 0.